The maximum Gasteiger partial charge on any atom is 0.413 e. The summed E-state index contributed by atoms with van der Waals surface area (Å²) >= 11 is 0. The van der Waals surface area contributed by atoms with Crippen molar-refractivity contribution in [1.29, 1.82) is 0 Å². The molecule has 4 bridgehead atoms. The maximum atomic E-state index is 13.4. The largest absolute Gasteiger partial charge is 0.458 e. The number of rotatable bonds is 3. The smallest absolute Gasteiger partial charge is 0.413 e. The lowest BCUT2D eigenvalue weighted by Gasteiger charge is -2.56. The first kappa shape index (κ1) is 24.8. The Morgan fingerprint density at radius 2 is 1.68 bits per heavy atom. The minimum Gasteiger partial charge on any atom is -0.458 e. The van der Waals surface area contributed by atoms with Crippen LogP contribution in [0.2, 0.25) is 0 Å². The van der Waals surface area contributed by atoms with Crippen molar-refractivity contribution in [2.45, 2.75) is 55.9 Å². The number of carbonyl (C=O) groups is 4. The van der Waals surface area contributed by atoms with Gasteiger partial charge >= 0.3 is 18.0 Å². The first-order valence-corrected chi connectivity index (χ1v) is 11.7. The van der Waals surface area contributed by atoms with Crippen molar-refractivity contribution >= 4 is 23.8 Å². The third-order valence-electron chi connectivity index (χ3n) is 7.69. The highest BCUT2D eigenvalue weighted by molar-refractivity contribution is 6.02. The number of nitrogens with zero attached hydrogens (tertiary/aromatic N) is 1. The van der Waals surface area contributed by atoms with Crippen LogP contribution in [-0.4, -0.2) is 78.1 Å². The van der Waals surface area contributed by atoms with Gasteiger partial charge in [0.15, 0.2) is 17.6 Å². The van der Waals surface area contributed by atoms with Crippen LogP contribution in [0.4, 0.5) is 4.79 Å². The molecule has 37 heavy (non-hydrogen) atoms. The van der Waals surface area contributed by atoms with Gasteiger partial charge in [-0.2, -0.15) is 0 Å². The Hall–Kier alpha value is -3.86. The number of allylic oxidation sites excluding steroid dienone is 4. The number of hydrogen-bond donors (Lipinski definition) is 0. The number of ether oxygens (including phenoxy) is 5. The summed E-state index contributed by atoms with van der Waals surface area (Å²) in [6.45, 7) is 4.26. The van der Waals surface area contributed by atoms with E-state index in [2.05, 4.69) is 23.7 Å². The fourth-order valence-corrected chi connectivity index (χ4v) is 6.42. The Balaban J connectivity index is 1.86. The maximum absolute atomic E-state index is 13.4. The number of ketones is 1. The van der Waals surface area contributed by atoms with Crippen molar-refractivity contribution in [1.82, 2.24) is 4.90 Å². The molecule has 10 nitrogen and oxygen atoms in total. The average molecular weight is 507 g/mol. The number of amides is 1. The quantitative estimate of drug-likeness (QED) is 0.239. The molecule has 2 aliphatic heterocycles. The number of epoxide rings is 1. The SMILES string of the molecule is COC(=O)N1[C@H]2C#C/C=C\C#C[C@@H]3[C@@H](OC(C)=O)[C@@H](OC(C)=O)[C@H](C)[C@]24O[C@@]34C2=CC(=O)C=C[C@]21OC. The van der Waals surface area contributed by atoms with Gasteiger partial charge in [-0.3, -0.25) is 19.3 Å². The van der Waals surface area contributed by atoms with E-state index < -0.39 is 65.0 Å². The second kappa shape index (κ2) is 8.34. The molecule has 5 rings (SSSR count). The molecule has 0 aromatic rings. The molecule has 1 amide bonds. The standard InChI is InChI=1S/C27H25NO9/c1-15-22(35-16(2)29)23(36-17(3)30)19-10-8-6-7-9-11-21-26(15)27(19,37-26)20-14-18(31)12-13-25(20,34-5)28(21)24(32)33-4/h6-7,12-15,19,21-23H,1-5H3/b7-6-/t15-,19+,21-,22-,23+,25-,26-,27+/m0/s1. The van der Waals surface area contributed by atoms with Crippen LogP contribution in [0.15, 0.2) is 36.0 Å². The Morgan fingerprint density at radius 3 is 2.30 bits per heavy atom. The molecule has 3 aliphatic carbocycles. The highest BCUT2D eigenvalue weighted by atomic mass is 16.7. The van der Waals surface area contributed by atoms with E-state index in [9.17, 15) is 19.2 Å². The average Bonchev–Trinajstić information content (AvgIpc) is 3.57. The molecular formula is C27H25NO9. The van der Waals surface area contributed by atoms with E-state index in [1.165, 1.54) is 63.3 Å². The van der Waals surface area contributed by atoms with E-state index >= 15 is 0 Å². The molecule has 1 saturated carbocycles. The van der Waals surface area contributed by atoms with Gasteiger partial charge < -0.3 is 23.7 Å². The van der Waals surface area contributed by atoms with Gasteiger partial charge in [-0.05, 0) is 30.4 Å². The molecule has 10 heteroatoms. The highest BCUT2D eigenvalue weighted by Crippen LogP contribution is 2.73. The van der Waals surface area contributed by atoms with Gasteiger partial charge in [0, 0.05) is 32.4 Å². The van der Waals surface area contributed by atoms with Crippen molar-refractivity contribution in [3.05, 3.63) is 36.0 Å². The molecule has 0 aromatic heterocycles. The van der Waals surface area contributed by atoms with Gasteiger partial charge in [0.25, 0.3) is 0 Å². The van der Waals surface area contributed by atoms with Gasteiger partial charge in [-0.1, -0.05) is 30.6 Å². The first-order valence-electron chi connectivity index (χ1n) is 11.7. The number of carbonyl (C=O) groups excluding carboxylic acids is 4. The van der Waals surface area contributed by atoms with Gasteiger partial charge in [-0.15, -0.1) is 0 Å². The lowest BCUT2D eigenvalue weighted by Crippen LogP contribution is -2.75. The van der Waals surface area contributed by atoms with Crippen molar-refractivity contribution in [3.8, 4) is 23.7 Å². The van der Waals surface area contributed by atoms with Crippen LogP contribution in [-0.2, 0) is 38.1 Å². The van der Waals surface area contributed by atoms with Crippen molar-refractivity contribution in [2.75, 3.05) is 14.2 Å². The Bertz CT molecular complexity index is 1320. The fourth-order valence-electron chi connectivity index (χ4n) is 6.42. The van der Waals surface area contributed by atoms with E-state index in [-0.39, 0.29) is 5.78 Å². The monoisotopic (exact) mass is 507 g/mol. The number of methoxy groups -OCH3 is 2. The van der Waals surface area contributed by atoms with Crippen LogP contribution in [0, 0.1) is 35.5 Å². The summed E-state index contributed by atoms with van der Waals surface area (Å²) < 4.78 is 29.3. The zero-order valence-corrected chi connectivity index (χ0v) is 20.9. The topological polar surface area (TPSA) is 121 Å². The zero-order valence-electron chi connectivity index (χ0n) is 20.9. The van der Waals surface area contributed by atoms with E-state index in [1.807, 2.05) is 0 Å². The van der Waals surface area contributed by atoms with E-state index in [0.717, 1.165) is 0 Å². The van der Waals surface area contributed by atoms with E-state index in [4.69, 9.17) is 23.7 Å². The molecule has 0 aromatic carbocycles. The Morgan fingerprint density at radius 1 is 1.03 bits per heavy atom. The molecule has 0 spiro atoms. The Labute approximate surface area is 213 Å². The van der Waals surface area contributed by atoms with Crippen LogP contribution >= 0.6 is 0 Å². The number of piperidine rings is 1. The highest BCUT2D eigenvalue weighted by Gasteiger charge is 2.91. The summed E-state index contributed by atoms with van der Waals surface area (Å²) in [6.07, 6.45) is 4.35. The van der Waals surface area contributed by atoms with Crippen LogP contribution < -0.4 is 0 Å². The summed E-state index contributed by atoms with van der Waals surface area (Å²) in [5.74, 6) is 8.90. The second-order valence-electron chi connectivity index (χ2n) is 9.39. The predicted molar refractivity (Wildman–Crippen MR) is 125 cm³/mol. The molecule has 0 N–H and O–H groups in total. The molecule has 5 aliphatic rings. The zero-order chi connectivity index (χ0) is 26.8. The van der Waals surface area contributed by atoms with Crippen LogP contribution in [0.3, 0.4) is 0 Å². The number of likely N-dealkylation sites (tertiary alicyclic amines) is 1. The van der Waals surface area contributed by atoms with E-state index in [1.54, 1.807) is 6.92 Å². The van der Waals surface area contributed by atoms with Crippen LogP contribution in [0.5, 0.6) is 0 Å². The third kappa shape index (κ3) is 3.09. The molecule has 0 unspecified atom stereocenters. The normalized spacial score (nSPS) is 40.7. The van der Waals surface area contributed by atoms with Crippen molar-refractivity contribution in [2.24, 2.45) is 11.8 Å². The summed E-state index contributed by atoms with van der Waals surface area (Å²) in [6, 6.07) is -0.992. The van der Waals surface area contributed by atoms with Gasteiger partial charge in [-0.25, -0.2) is 4.79 Å². The molecule has 192 valence electrons. The molecule has 2 heterocycles. The summed E-state index contributed by atoms with van der Waals surface area (Å²) in [5, 5.41) is 0. The first-order chi connectivity index (χ1) is 17.6. The van der Waals surface area contributed by atoms with E-state index in [0.29, 0.717) is 5.57 Å². The van der Waals surface area contributed by atoms with Crippen LogP contribution in [0.1, 0.15) is 20.8 Å². The third-order valence-corrected chi connectivity index (χ3v) is 7.69. The van der Waals surface area contributed by atoms with Crippen LogP contribution in [0.25, 0.3) is 0 Å². The number of esters is 2. The molecule has 3 fully saturated rings. The molecular weight excluding hydrogens is 482 g/mol. The molecule has 2 saturated heterocycles. The minimum absolute atomic E-state index is 0.299. The van der Waals surface area contributed by atoms with Crippen molar-refractivity contribution in [3.63, 3.8) is 0 Å². The summed E-state index contributed by atoms with van der Waals surface area (Å²) in [4.78, 5) is 51.9. The van der Waals surface area contributed by atoms with Gasteiger partial charge in [0.1, 0.15) is 23.3 Å². The summed E-state index contributed by atoms with van der Waals surface area (Å²) in [5.41, 5.74) is -4.00. The van der Waals surface area contributed by atoms with Crippen molar-refractivity contribution < 1.29 is 42.9 Å². The molecule has 8 atom stereocenters. The number of hydrogen-bond acceptors (Lipinski definition) is 9. The Kier molecular flexibility index (Phi) is 5.59. The fraction of sp³-hybridized carbons (Fsp3) is 0.481. The van der Waals surface area contributed by atoms with Gasteiger partial charge in [0.05, 0.1) is 13.0 Å². The predicted octanol–water partition coefficient (Wildman–Crippen LogP) is 1.06. The molecule has 0 radical (unpaired) electrons. The lowest BCUT2D eigenvalue weighted by molar-refractivity contribution is -0.186. The number of fused-ring (bicyclic) bond motifs is 1. The lowest BCUT2D eigenvalue weighted by atomic mass is 9.55. The summed E-state index contributed by atoms with van der Waals surface area (Å²) in [7, 11) is 2.62. The minimum atomic E-state index is -1.61. The second-order valence-corrected chi connectivity index (χ2v) is 9.39. The van der Waals surface area contributed by atoms with Gasteiger partial charge in [0.2, 0.25) is 0 Å².